The van der Waals surface area contributed by atoms with Gasteiger partial charge in [0, 0.05) is 41.8 Å². The summed E-state index contributed by atoms with van der Waals surface area (Å²) in [5.41, 5.74) is 4.89. The molecule has 1 N–H and O–H groups in total. The molecule has 1 saturated heterocycles. The summed E-state index contributed by atoms with van der Waals surface area (Å²) < 4.78 is 15.2. The number of amides is 2. The average Bonchev–Trinajstić information content (AvgIpc) is 3.48. The Hall–Kier alpha value is -3.93. The monoisotopic (exact) mass is 455 g/mol. The van der Waals surface area contributed by atoms with Gasteiger partial charge in [0.05, 0.1) is 0 Å². The second kappa shape index (κ2) is 9.14. The van der Waals surface area contributed by atoms with Crippen molar-refractivity contribution in [2.45, 2.75) is 26.3 Å². The molecule has 5 rings (SSSR count). The van der Waals surface area contributed by atoms with Gasteiger partial charge in [0.25, 0.3) is 11.8 Å². The fourth-order valence-electron chi connectivity index (χ4n) is 4.58. The number of halogens is 1. The molecule has 0 unspecified atom stereocenters. The van der Waals surface area contributed by atoms with Crippen LogP contribution in [0.25, 0.3) is 10.9 Å². The van der Waals surface area contributed by atoms with E-state index in [1.165, 1.54) is 29.8 Å². The molecule has 0 aliphatic carbocycles. The summed E-state index contributed by atoms with van der Waals surface area (Å²) in [6.07, 6.45) is 2.06. The van der Waals surface area contributed by atoms with E-state index in [2.05, 4.69) is 35.0 Å². The van der Waals surface area contributed by atoms with Gasteiger partial charge in [0.15, 0.2) is 0 Å². The predicted molar refractivity (Wildman–Crippen MR) is 132 cm³/mol. The smallest absolute Gasteiger partial charge is 0.270 e. The number of aryl methyl sites for hydroxylation is 1. The van der Waals surface area contributed by atoms with E-state index < -0.39 is 0 Å². The maximum absolute atomic E-state index is 13.4. The number of anilines is 1. The number of likely N-dealkylation sites (tertiary alicyclic amines) is 1. The summed E-state index contributed by atoms with van der Waals surface area (Å²) in [6.45, 7) is 4.21. The minimum Gasteiger partial charge on any atom is -0.337 e. The molecule has 172 valence electrons. The number of aromatic nitrogens is 1. The van der Waals surface area contributed by atoms with E-state index in [9.17, 15) is 14.0 Å². The molecular formula is C28H26FN3O2. The van der Waals surface area contributed by atoms with Gasteiger partial charge in [-0.2, -0.15) is 0 Å². The predicted octanol–water partition coefficient (Wildman–Crippen LogP) is 5.63. The highest BCUT2D eigenvalue weighted by atomic mass is 19.1. The van der Waals surface area contributed by atoms with E-state index >= 15 is 0 Å². The molecule has 1 fully saturated rings. The molecule has 4 aromatic rings. The molecule has 0 radical (unpaired) electrons. The molecule has 0 spiro atoms. The molecule has 2 heterocycles. The van der Waals surface area contributed by atoms with Gasteiger partial charge in [0.2, 0.25) is 0 Å². The Morgan fingerprint density at radius 3 is 2.44 bits per heavy atom. The van der Waals surface area contributed by atoms with Crippen molar-refractivity contribution in [2.75, 3.05) is 18.4 Å². The first-order chi connectivity index (χ1) is 16.5. The van der Waals surface area contributed by atoms with Gasteiger partial charge in [-0.1, -0.05) is 29.8 Å². The van der Waals surface area contributed by atoms with E-state index in [0.29, 0.717) is 23.5 Å². The van der Waals surface area contributed by atoms with Crippen LogP contribution in [0.15, 0.2) is 72.8 Å². The molecule has 5 nitrogen and oxygen atoms in total. The van der Waals surface area contributed by atoms with Crippen molar-refractivity contribution in [2.24, 2.45) is 0 Å². The van der Waals surface area contributed by atoms with Crippen LogP contribution in [0.3, 0.4) is 0 Å². The van der Waals surface area contributed by atoms with Crippen LogP contribution in [-0.2, 0) is 6.54 Å². The van der Waals surface area contributed by atoms with Crippen LogP contribution >= 0.6 is 0 Å². The molecule has 0 bridgehead atoms. The van der Waals surface area contributed by atoms with Crippen molar-refractivity contribution in [1.29, 1.82) is 0 Å². The Labute approximate surface area is 197 Å². The minimum atomic E-state index is -0.386. The second-order valence-electron chi connectivity index (χ2n) is 8.84. The topological polar surface area (TPSA) is 54.3 Å². The number of rotatable bonds is 5. The lowest BCUT2D eigenvalue weighted by Crippen LogP contribution is -2.29. The number of nitrogens with one attached hydrogen (secondary N) is 1. The maximum atomic E-state index is 13.4. The fraction of sp³-hybridized carbons (Fsp3) is 0.214. The first kappa shape index (κ1) is 21.9. The molecule has 6 heteroatoms. The summed E-state index contributed by atoms with van der Waals surface area (Å²) in [4.78, 5) is 27.9. The van der Waals surface area contributed by atoms with Crippen molar-refractivity contribution >= 4 is 28.4 Å². The van der Waals surface area contributed by atoms with Gasteiger partial charge in [0.1, 0.15) is 11.5 Å². The van der Waals surface area contributed by atoms with E-state index in [1.54, 1.807) is 0 Å². The highest BCUT2D eigenvalue weighted by Crippen LogP contribution is 2.27. The number of hydrogen-bond acceptors (Lipinski definition) is 2. The molecule has 0 atom stereocenters. The molecule has 1 aliphatic heterocycles. The third-order valence-electron chi connectivity index (χ3n) is 6.30. The Kier molecular flexibility index (Phi) is 5.88. The Bertz CT molecular complexity index is 1370. The van der Waals surface area contributed by atoms with E-state index in [4.69, 9.17) is 0 Å². The molecule has 2 amide bonds. The summed E-state index contributed by atoms with van der Waals surface area (Å²) in [6, 6.07) is 21.3. The number of carbonyl (C=O) groups is 2. The number of fused-ring (bicyclic) bond motifs is 1. The number of benzene rings is 3. The van der Waals surface area contributed by atoms with E-state index in [0.717, 1.165) is 42.4 Å². The summed E-state index contributed by atoms with van der Waals surface area (Å²) >= 11 is 0. The standard InChI is InChI=1S/C28H26FN3O2/c1-19-5-4-6-20(15-19)18-32-25-12-11-24(30-27(33)21-7-9-23(29)10-8-21)16-22(25)17-26(32)28(34)31-13-2-3-14-31/h4-12,15-17H,2-3,13-14,18H2,1H3,(H,30,33). The van der Waals surface area contributed by atoms with Crippen LogP contribution in [0.4, 0.5) is 10.1 Å². The SMILES string of the molecule is Cc1cccc(Cn2c(C(=O)N3CCCC3)cc3cc(NC(=O)c4ccc(F)cc4)ccc32)c1. The van der Waals surface area contributed by atoms with Crippen molar-refractivity contribution < 1.29 is 14.0 Å². The molecule has 0 saturated carbocycles. The summed E-state index contributed by atoms with van der Waals surface area (Å²) in [5, 5.41) is 3.76. The van der Waals surface area contributed by atoms with Crippen LogP contribution in [0.2, 0.25) is 0 Å². The summed E-state index contributed by atoms with van der Waals surface area (Å²) in [7, 11) is 0. The van der Waals surface area contributed by atoms with Crippen molar-refractivity contribution in [1.82, 2.24) is 9.47 Å². The molecular weight excluding hydrogens is 429 g/mol. The Morgan fingerprint density at radius 1 is 0.941 bits per heavy atom. The lowest BCUT2D eigenvalue weighted by Gasteiger charge is -2.17. The fourth-order valence-corrected chi connectivity index (χ4v) is 4.58. The van der Waals surface area contributed by atoms with Crippen molar-refractivity contribution in [3.05, 3.63) is 101 Å². The quantitative estimate of drug-likeness (QED) is 0.424. The zero-order chi connectivity index (χ0) is 23.7. The molecule has 34 heavy (non-hydrogen) atoms. The number of nitrogens with zero attached hydrogens (tertiary/aromatic N) is 2. The third kappa shape index (κ3) is 4.44. The molecule has 3 aromatic carbocycles. The first-order valence-electron chi connectivity index (χ1n) is 11.5. The first-order valence-corrected chi connectivity index (χ1v) is 11.5. The van der Waals surface area contributed by atoms with Gasteiger partial charge in [-0.15, -0.1) is 0 Å². The Balaban J connectivity index is 1.50. The molecule has 1 aromatic heterocycles. The lowest BCUT2D eigenvalue weighted by molar-refractivity contribution is 0.0783. The molecule has 1 aliphatic rings. The number of hydrogen-bond donors (Lipinski definition) is 1. The largest absolute Gasteiger partial charge is 0.337 e. The maximum Gasteiger partial charge on any atom is 0.270 e. The van der Waals surface area contributed by atoms with Crippen LogP contribution in [0, 0.1) is 12.7 Å². The zero-order valence-electron chi connectivity index (χ0n) is 19.1. The van der Waals surface area contributed by atoms with E-state index in [1.807, 2.05) is 35.2 Å². The minimum absolute atomic E-state index is 0.0400. The van der Waals surface area contributed by atoms with Crippen molar-refractivity contribution in [3.63, 3.8) is 0 Å². The van der Waals surface area contributed by atoms with Crippen LogP contribution in [0.1, 0.15) is 44.8 Å². The summed E-state index contributed by atoms with van der Waals surface area (Å²) in [5.74, 6) is -0.659. The lowest BCUT2D eigenvalue weighted by atomic mass is 10.1. The van der Waals surface area contributed by atoms with Gasteiger partial charge < -0.3 is 14.8 Å². The van der Waals surface area contributed by atoms with Crippen LogP contribution < -0.4 is 5.32 Å². The highest BCUT2D eigenvalue weighted by Gasteiger charge is 2.24. The van der Waals surface area contributed by atoms with Crippen LogP contribution in [-0.4, -0.2) is 34.4 Å². The Morgan fingerprint density at radius 2 is 1.71 bits per heavy atom. The van der Waals surface area contributed by atoms with Gasteiger partial charge >= 0.3 is 0 Å². The highest BCUT2D eigenvalue weighted by molar-refractivity contribution is 6.06. The van der Waals surface area contributed by atoms with E-state index in [-0.39, 0.29) is 17.6 Å². The number of carbonyl (C=O) groups excluding carboxylic acids is 2. The van der Waals surface area contributed by atoms with Gasteiger partial charge in [-0.3, -0.25) is 9.59 Å². The zero-order valence-corrected chi connectivity index (χ0v) is 19.1. The second-order valence-corrected chi connectivity index (χ2v) is 8.84. The van der Waals surface area contributed by atoms with Crippen LogP contribution in [0.5, 0.6) is 0 Å². The normalized spacial score (nSPS) is 13.4. The average molecular weight is 456 g/mol. The third-order valence-corrected chi connectivity index (χ3v) is 6.30. The van der Waals surface area contributed by atoms with Gasteiger partial charge in [-0.05, 0) is 73.9 Å². The van der Waals surface area contributed by atoms with Crippen molar-refractivity contribution in [3.8, 4) is 0 Å². The van der Waals surface area contributed by atoms with Gasteiger partial charge in [-0.25, -0.2) is 4.39 Å².